The van der Waals surface area contributed by atoms with Crippen molar-refractivity contribution in [3.05, 3.63) is 144 Å². The number of aryl methyl sites for hydroxylation is 3. The van der Waals surface area contributed by atoms with Crippen LogP contribution in [0.15, 0.2) is 127 Å². The Morgan fingerprint density at radius 3 is 0.898 bits per heavy atom. The highest BCUT2D eigenvalue weighted by atomic mass is 27.2. The van der Waals surface area contributed by atoms with Crippen molar-refractivity contribution < 1.29 is 0 Å². The molecule has 0 N–H and O–H groups in total. The van der Waals surface area contributed by atoms with Crippen molar-refractivity contribution in [1.82, 2.24) is 0 Å². The Kier molecular flexibility index (Phi) is 14.3. The zero-order valence-electron chi connectivity index (χ0n) is 29.9. The summed E-state index contributed by atoms with van der Waals surface area (Å²) in [6, 6.07) is 47.2. The lowest BCUT2D eigenvalue weighted by Gasteiger charge is -2.13. The van der Waals surface area contributed by atoms with Crippen molar-refractivity contribution in [2.24, 2.45) is 0 Å². The van der Waals surface area contributed by atoms with Gasteiger partial charge in [-0.05, 0) is 87.5 Å². The molecule has 0 aromatic heterocycles. The van der Waals surface area contributed by atoms with Gasteiger partial charge in [-0.2, -0.15) is 0 Å². The molecular formula is C48H57Al. The van der Waals surface area contributed by atoms with Crippen LogP contribution in [0.2, 0.25) is 15.8 Å². The summed E-state index contributed by atoms with van der Waals surface area (Å²) in [5.41, 5.74) is 4.60. The van der Waals surface area contributed by atoms with Crippen molar-refractivity contribution in [2.75, 3.05) is 0 Å². The summed E-state index contributed by atoms with van der Waals surface area (Å²) in [4.78, 5) is 0. The summed E-state index contributed by atoms with van der Waals surface area (Å²) in [6.07, 6.45) is 20.5. The van der Waals surface area contributed by atoms with Crippen molar-refractivity contribution >= 4 is 46.5 Å². The fraction of sp³-hybridized carbons (Fsp3) is 0.375. The van der Waals surface area contributed by atoms with Gasteiger partial charge in [0.1, 0.15) is 0 Å². The fourth-order valence-corrected chi connectivity index (χ4v) is 11.7. The number of hydrogen-bond donors (Lipinski definition) is 0. The highest BCUT2D eigenvalue weighted by Crippen LogP contribution is 2.25. The second-order valence-corrected chi connectivity index (χ2v) is 18.1. The molecule has 49 heavy (non-hydrogen) atoms. The minimum atomic E-state index is -0.667. The molecule has 0 bridgehead atoms. The van der Waals surface area contributed by atoms with Crippen LogP contribution in [0.4, 0.5) is 0 Å². The smallest absolute Gasteiger partial charge is 0.0939 e. The van der Waals surface area contributed by atoms with E-state index in [9.17, 15) is 0 Å². The third-order valence-electron chi connectivity index (χ3n) is 11.1. The Morgan fingerprint density at radius 2 is 0.551 bits per heavy atom. The molecule has 0 unspecified atom stereocenters. The van der Waals surface area contributed by atoms with Crippen molar-refractivity contribution in [1.29, 1.82) is 0 Å². The van der Waals surface area contributed by atoms with Gasteiger partial charge in [0.05, 0.1) is 0 Å². The molecule has 0 aliphatic heterocycles. The summed E-state index contributed by atoms with van der Waals surface area (Å²) in [7, 11) is 0. The molecule has 0 atom stereocenters. The zero-order chi connectivity index (χ0) is 33.4. The van der Waals surface area contributed by atoms with E-state index in [0.29, 0.717) is 0 Å². The molecule has 252 valence electrons. The van der Waals surface area contributed by atoms with Gasteiger partial charge in [0.25, 0.3) is 14.1 Å². The van der Waals surface area contributed by atoms with Crippen LogP contribution in [0.1, 0.15) is 93.7 Å². The van der Waals surface area contributed by atoms with Crippen molar-refractivity contribution in [2.45, 2.75) is 112 Å². The van der Waals surface area contributed by atoms with Crippen LogP contribution in [0, 0.1) is 0 Å². The quantitative estimate of drug-likeness (QED) is 0.0532. The van der Waals surface area contributed by atoms with Gasteiger partial charge in [-0.1, -0.05) is 201 Å². The third-order valence-corrected chi connectivity index (χ3v) is 14.7. The molecule has 0 saturated heterocycles. The molecule has 0 spiro atoms. The molecule has 0 nitrogen and oxygen atoms in total. The number of unbranched alkanes of at least 4 members (excludes halogenated alkanes) is 9. The summed E-state index contributed by atoms with van der Waals surface area (Å²) in [6.45, 7) is 0. The molecule has 0 fully saturated rings. The van der Waals surface area contributed by atoms with E-state index in [1.54, 1.807) is 15.8 Å². The Balaban J connectivity index is 0.906. The minimum Gasteiger partial charge on any atom is -0.0939 e. The average Bonchev–Trinajstić information content (AvgIpc) is 3.15. The standard InChI is InChI=1S/3C16H19.Al/c3*1-2-3-4-5-9-14-11-8-12-15-10-6-7-13-16(14)15;/h3*6-8,10-13H,1-5,9H2;. The molecule has 6 rings (SSSR count). The number of fused-ring (bicyclic) bond motifs is 3. The second kappa shape index (κ2) is 19.7. The molecule has 0 heterocycles. The van der Waals surface area contributed by atoms with E-state index in [1.165, 1.54) is 145 Å². The van der Waals surface area contributed by atoms with Gasteiger partial charge in [0.15, 0.2) is 0 Å². The lowest BCUT2D eigenvalue weighted by molar-refractivity contribution is 0.645. The molecule has 0 aliphatic rings. The van der Waals surface area contributed by atoms with Crippen molar-refractivity contribution in [3.8, 4) is 0 Å². The lowest BCUT2D eigenvalue weighted by Crippen LogP contribution is -2.12. The first-order chi connectivity index (χ1) is 24.3. The molecule has 0 amide bonds. The summed E-state index contributed by atoms with van der Waals surface area (Å²) >= 11 is -0.667. The Bertz CT molecular complexity index is 1620. The van der Waals surface area contributed by atoms with Gasteiger partial charge >= 0.3 is 0 Å². The van der Waals surface area contributed by atoms with Crippen LogP contribution >= 0.6 is 0 Å². The number of benzene rings is 6. The number of rotatable bonds is 21. The van der Waals surface area contributed by atoms with E-state index in [1.807, 2.05) is 0 Å². The Morgan fingerprint density at radius 1 is 0.265 bits per heavy atom. The monoisotopic (exact) mass is 660 g/mol. The Hall–Kier alpha value is -3.37. The van der Waals surface area contributed by atoms with Gasteiger partial charge in [0.2, 0.25) is 0 Å². The molecule has 6 aromatic carbocycles. The average molecular weight is 661 g/mol. The van der Waals surface area contributed by atoms with Crippen LogP contribution < -0.4 is 0 Å². The van der Waals surface area contributed by atoms with Crippen LogP contribution in [0.5, 0.6) is 0 Å². The van der Waals surface area contributed by atoms with Crippen LogP contribution in [-0.4, -0.2) is 14.1 Å². The van der Waals surface area contributed by atoms with E-state index >= 15 is 0 Å². The minimum absolute atomic E-state index is 0.667. The molecule has 0 radical (unpaired) electrons. The highest BCUT2D eigenvalue weighted by molar-refractivity contribution is 6.58. The first kappa shape index (κ1) is 35.5. The van der Waals surface area contributed by atoms with Gasteiger partial charge < -0.3 is 0 Å². The topological polar surface area (TPSA) is 0 Å². The molecular weight excluding hydrogens is 604 g/mol. The van der Waals surface area contributed by atoms with Crippen LogP contribution in [0.25, 0.3) is 32.3 Å². The maximum absolute atomic E-state index is 2.34. The van der Waals surface area contributed by atoms with Crippen LogP contribution in [0.3, 0.4) is 0 Å². The van der Waals surface area contributed by atoms with E-state index < -0.39 is 14.1 Å². The highest BCUT2D eigenvalue weighted by Gasteiger charge is 2.16. The molecule has 6 aromatic rings. The molecule has 1 heteroatoms. The maximum Gasteiger partial charge on any atom is 0.261 e. The predicted molar refractivity (Wildman–Crippen MR) is 219 cm³/mol. The van der Waals surface area contributed by atoms with Gasteiger partial charge in [-0.15, -0.1) is 0 Å². The normalized spacial score (nSPS) is 11.5. The lowest BCUT2D eigenvalue weighted by atomic mass is 9.99. The van der Waals surface area contributed by atoms with Gasteiger partial charge in [-0.25, -0.2) is 0 Å². The van der Waals surface area contributed by atoms with Gasteiger partial charge in [-0.3, -0.25) is 0 Å². The first-order valence-electron chi connectivity index (χ1n) is 19.7. The summed E-state index contributed by atoms with van der Waals surface area (Å²) in [5.74, 6) is 0. The summed E-state index contributed by atoms with van der Waals surface area (Å²) in [5, 5.41) is 13.2. The van der Waals surface area contributed by atoms with Gasteiger partial charge in [0, 0.05) is 0 Å². The van der Waals surface area contributed by atoms with Crippen molar-refractivity contribution in [3.63, 3.8) is 0 Å². The van der Waals surface area contributed by atoms with E-state index in [-0.39, 0.29) is 0 Å². The summed E-state index contributed by atoms with van der Waals surface area (Å²) < 4.78 is 0. The second-order valence-electron chi connectivity index (χ2n) is 14.6. The first-order valence-corrected chi connectivity index (χ1v) is 22.2. The van der Waals surface area contributed by atoms with E-state index in [2.05, 4.69) is 127 Å². The van der Waals surface area contributed by atoms with E-state index in [0.717, 1.165) is 0 Å². The zero-order valence-corrected chi connectivity index (χ0v) is 31.1. The third kappa shape index (κ3) is 10.8. The van der Waals surface area contributed by atoms with E-state index in [4.69, 9.17) is 0 Å². The fourth-order valence-electron chi connectivity index (χ4n) is 8.27. The predicted octanol–water partition coefficient (Wildman–Crippen LogP) is 14.4. The van der Waals surface area contributed by atoms with Crippen LogP contribution in [-0.2, 0) is 19.3 Å². The number of hydrogen-bond acceptors (Lipinski definition) is 0. The largest absolute Gasteiger partial charge is 0.261 e. The maximum atomic E-state index is 2.34. The molecule has 0 saturated carbocycles. The Labute approximate surface area is 301 Å². The molecule has 0 aliphatic carbocycles. The SMILES string of the molecule is c1ccc2c(CCCCC[CH2][Al]([CH2]CCCCCc3cccc4ccccc34)[CH2]CCCCCc3cccc4ccccc34)cccc2c1.